The first-order valence-corrected chi connectivity index (χ1v) is 8.30. The van der Waals surface area contributed by atoms with Crippen LogP contribution in [-0.4, -0.2) is 27.5 Å². The molecule has 8 nitrogen and oxygen atoms in total. The molecule has 0 amide bonds. The van der Waals surface area contributed by atoms with Crippen LogP contribution in [0.5, 0.6) is 12.0 Å². The van der Waals surface area contributed by atoms with Gasteiger partial charge in [-0.25, -0.2) is 4.98 Å². The smallest absolute Gasteiger partial charge is 0.315 e. The lowest BCUT2D eigenvalue weighted by Gasteiger charge is -2.08. The van der Waals surface area contributed by atoms with Crippen LogP contribution >= 0.6 is 0 Å². The number of aryl methyl sites for hydroxylation is 1. The van der Waals surface area contributed by atoms with Gasteiger partial charge in [0.2, 0.25) is 0 Å². The molecule has 9 heteroatoms. The number of hydrogen-bond donors (Lipinski definition) is 0. The van der Waals surface area contributed by atoms with Gasteiger partial charge < -0.3 is 8.37 Å². The molecule has 23 heavy (non-hydrogen) atoms. The molecule has 0 aliphatic rings. The lowest BCUT2D eigenvalue weighted by Crippen LogP contribution is -2.19. The monoisotopic (exact) mass is 338 g/mol. The Balaban J connectivity index is 2.32. The van der Waals surface area contributed by atoms with Gasteiger partial charge in [-0.3, -0.25) is 9.13 Å². The summed E-state index contributed by atoms with van der Waals surface area (Å²) in [5.41, 5.74) is 1.57. The van der Waals surface area contributed by atoms with Crippen molar-refractivity contribution in [1.82, 2.24) is 19.1 Å². The van der Waals surface area contributed by atoms with Crippen molar-refractivity contribution in [2.45, 2.75) is 26.7 Å². The Kier molecular flexibility index (Phi) is 4.89. The van der Waals surface area contributed by atoms with Gasteiger partial charge in [-0.2, -0.15) is 4.98 Å². The van der Waals surface area contributed by atoms with Gasteiger partial charge in [0, 0.05) is 30.5 Å². The highest BCUT2D eigenvalue weighted by Gasteiger charge is 2.24. The molecule has 0 N–H and O–H groups in total. The third-order valence-corrected chi connectivity index (χ3v) is 3.80. The summed E-state index contributed by atoms with van der Waals surface area (Å²) in [7, 11) is -4.40. The summed E-state index contributed by atoms with van der Waals surface area (Å²) in [6.07, 6.45) is 6.97. The highest BCUT2D eigenvalue weighted by atomic mass is 32.3. The summed E-state index contributed by atoms with van der Waals surface area (Å²) in [5.74, 6) is 0. The molecule has 2 aromatic heterocycles. The molecule has 0 atom stereocenters. The van der Waals surface area contributed by atoms with Crippen LogP contribution in [0.3, 0.4) is 0 Å². The van der Waals surface area contributed by atoms with Gasteiger partial charge in [0.05, 0.1) is 5.69 Å². The Morgan fingerprint density at radius 1 is 1.17 bits per heavy atom. The SMILES string of the molecule is C=Cn1ccnc1OS(=O)(=O)Oc1nc(CC)c(CC)n1C=C. The van der Waals surface area contributed by atoms with E-state index in [1.165, 1.54) is 33.9 Å². The average molecular weight is 338 g/mol. The minimum absolute atomic E-state index is 0.120. The second-order valence-corrected chi connectivity index (χ2v) is 5.57. The molecule has 2 aromatic rings. The Hall–Kier alpha value is -2.55. The predicted octanol–water partition coefficient (Wildman–Crippen LogP) is 2.11. The van der Waals surface area contributed by atoms with E-state index in [1.807, 2.05) is 13.8 Å². The first-order chi connectivity index (χ1) is 11.0. The molecular weight excluding hydrogens is 320 g/mol. The van der Waals surface area contributed by atoms with Crippen LogP contribution in [0, 0.1) is 0 Å². The first-order valence-electron chi connectivity index (χ1n) is 6.97. The van der Waals surface area contributed by atoms with Gasteiger partial charge in [-0.15, -0.1) is 8.42 Å². The van der Waals surface area contributed by atoms with Crippen LogP contribution in [0.4, 0.5) is 0 Å². The van der Waals surface area contributed by atoms with Gasteiger partial charge in [-0.1, -0.05) is 27.0 Å². The quantitative estimate of drug-likeness (QED) is 0.732. The van der Waals surface area contributed by atoms with Crippen molar-refractivity contribution >= 4 is 22.8 Å². The second kappa shape index (κ2) is 6.69. The normalized spacial score (nSPS) is 11.2. The maximum Gasteiger partial charge on any atom is 0.506 e. The van der Waals surface area contributed by atoms with Crippen molar-refractivity contribution in [3.8, 4) is 12.0 Å². The Bertz CT molecular complexity index is 820. The van der Waals surface area contributed by atoms with Gasteiger partial charge in [-0.05, 0) is 12.8 Å². The van der Waals surface area contributed by atoms with E-state index in [9.17, 15) is 8.42 Å². The van der Waals surface area contributed by atoms with Gasteiger partial charge in [0.1, 0.15) is 0 Å². The van der Waals surface area contributed by atoms with Crippen molar-refractivity contribution in [1.29, 1.82) is 0 Å². The minimum atomic E-state index is -4.40. The topological polar surface area (TPSA) is 88.2 Å². The van der Waals surface area contributed by atoms with Crippen LogP contribution in [0.1, 0.15) is 25.2 Å². The molecule has 0 aliphatic heterocycles. The molecule has 0 aliphatic carbocycles. The van der Waals surface area contributed by atoms with Gasteiger partial charge in [0.15, 0.2) is 0 Å². The van der Waals surface area contributed by atoms with Gasteiger partial charge >= 0.3 is 22.4 Å². The van der Waals surface area contributed by atoms with E-state index in [-0.39, 0.29) is 12.0 Å². The fourth-order valence-corrected chi connectivity index (χ4v) is 2.74. The maximum absolute atomic E-state index is 12.1. The second-order valence-electron chi connectivity index (χ2n) is 4.42. The Labute approximate surface area is 135 Å². The van der Waals surface area contributed by atoms with E-state index in [1.54, 1.807) is 0 Å². The largest absolute Gasteiger partial charge is 0.506 e. The Morgan fingerprint density at radius 2 is 1.87 bits per heavy atom. The van der Waals surface area contributed by atoms with Crippen molar-refractivity contribution in [2.75, 3.05) is 0 Å². The molecule has 0 aromatic carbocycles. The molecule has 0 saturated carbocycles. The van der Waals surface area contributed by atoms with E-state index in [0.29, 0.717) is 12.8 Å². The third kappa shape index (κ3) is 3.45. The summed E-state index contributed by atoms with van der Waals surface area (Å²) in [6, 6.07) is -0.298. The summed E-state index contributed by atoms with van der Waals surface area (Å²) in [5, 5.41) is 0. The van der Waals surface area contributed by atoms with Crippen molar-refractivity contribution in [3.63, 3.8) is 0 Å². The number of rotatable bonds is 8. The number of hydrogen-bond acceptors (Lipinski definition) is 6. The minimum Gasteiger partial charge on any atom is -0.315 e. The lowest BCUT2D eigenvalue weighted by molar-refractivity contribution is 0.365. The molecule has 0 unspecified atom stereocenters. The first kappa shape index (κ1) is 16.8. The molecule has 0 radical (unpaired) electrons. The van der Waals surface area contributed by atoms with Crippen molar-refractivity contribution in [2.24, 2.45) is 0 Å². The van der Waals surface area contributed by atoms with E-state index >= 15 is 0 Å². The molecular formula is C14H18N4O4S. The standard InChI is InChI=1S/C14H18N4O4S/c1-5-11-12(6-2)18(8-4)14(16-11)22-23(19,20)21-13-15-9-10-17(13)7-3/h7-10H,3-6H2,1-2H3. The maximum atomic E-state index is 12.1. The fraction of sp³-hybridized carbons (Fsp3) is 0.286. The van der Waals surface area contributed by atoms with Crippen LogP contribution in [0.15, 0.2) is 25.6 Å². The van der Waals surface area contributed by atoms with Crippen molar-refractivity contribution < 1.29 is 16.8 Å². The summed E-state index contributed by atoms with van der Waals surface area (Å²) in [6.45, 7) is 11.0. The van der Waals surface area contributed by atoms with Gasteiger partial charge in [0.25, 0.3) is 0 Å². The zero-order valence-electron chi connectivity index (χ0n) is 13.0. The summed E-state index contributed by atoms with van der Waals surface area (Å²) >= 11 is 0. The van der Waals surface area contributed by atoms with E-state index in [4.69, 9.17) is 8.37 Å². The number of aromatic nitrogens is 4. The molecule has 0 bridgehead atoms. The fourth-order valence-electron chi connectivity index (χ4n) is 2.10. The van der Waals surface area contributed by atoms with Crippen molar-refractivity contribution in [3.05, 3.63) is 36.9 Å². The average Bonchev–Trinajstić information content (AvgIpc) is 3.09. The molecule has 0 saturated heterocycles. The van der Waals surface area contributed by atoms with E-state index in [2.05, 4.69) is 23.1 Å². The van der Waals surface area contributed by atoms with E-state index < -0.39 is 10.4 Å². The summed E-state index contributed by atoms with van der Waals surface area (Å²) < 4.78 is 36.7. The Morgan fingerprint density at radius 3 is 2.43 bits per heavy atom. The molecule has 2 rings (SSSR count). The molecule has 2 heterocycles. The molecule has 0 spiro atoms. The van der Waals surface area contributed by atoms with E-state index in [0.717, 1.165) is 11.4 Å². The lowest BCUT2D eigenvalue weighted by atomic mass is 10.2. The number of nitrogens with zero attached hydrogens (tertiary/aromatic N) is 4. The number of imidazole rings is 2. The zero-order valence-corrected chi connectivity index (χ0v) is 13.8. The highest BCUT2D eigenvalue weighted by molar-refractivity contribution is 7.82. The van der Waals surface area contributed by atoms with Crippen LogP contribution in [0.2, 0.25) is 0 Å². The summed E-state index contributed by atoms with van der Waals surface area (Å²) in [4.78, 5) is 7.96. The predicted molar refractivity (Wildman–Crippen MR) is 86.2 cm³/mol. The zero-order chi connectivity index (χ0) is 17.0. The van der Waals surface area contributed by atoms with Crippen LogP contribution < -0.4 is 8.37 Å². The highest BCUT2D eigenvalue weighted by Crippen LogP contribution is 2.22. The van der Waals surface area contributed by atoms with Crippen LogP contribution in [0.25, 0.3) is 12.4 Å². The molecule has 124 valence electrons. The third-order valence-electron chi connectivity index (χ3n) is 3.10. The molecule has 0 fully saturated rings. The van der Waals surface area contributed by atoms with Crippen LogP contribution in [-0.2, 0) is 23.2 Å².